The molecule has 1 aliphatic heterocycles. The summed E-state index contributed by atoms with van der Waals surface area (Å²) in [5.74, 6) is 0.451. The second-order valence-corrected chi connectivity index (χ2v) is 7.50. The van der Waals surface area contributed by atoms with Gasteiger partial charge in [-0.2, -0.15) is 0 Å². The predicted molar refractivity (Wildman–Crippen MR) is 105 cm³/mol. The Morgan fingerprint density at radius 1 is 1.00 bits per heavy atom. The topological polar surface area (TPSA) is 44.4 Å². The minimum atomic E-state index is -0.108. The number of urea groups is 1. The molecule has 1 saturated carbocycles. The third-order valence-electron chi connectivity index (χ3n) is 5.37. The highest BCUT2D eigenvalue weighted by molar-refractivity contribution is 5.89. The quantitative estimate of drug-likeness (QED) is 0.843. The second-order valence-electron chi connectivity index (χ2n) is 7.50. The van der Waals surface area contributed by atoms with Gasteiger partial charge in [-0.25, -0.2) is 4.79 Å². The number of piperidine rings is 1. The van der Waals surface area contributed by atoms with Crippen LogP contribution in [0.3, 0.4) is 0 Å². The maximum absolute atomic E-state index is 12.3. The maximum atomic E-state index is 12.3. The highest BCUT2D eigenvalue weighted by atomic mass is 16.2. The summed E-state index contributed by atoms with van der Waals surface area (Å²) in [5, 5.41) is 6.09. The highest BCUT2D eigenvalue weighted by Crippen LogP contribution is 2.40. The minimum absolute atomic E-state index is 0.108. The normalized spacial score (nSPS) is 22.6. The summed E-state index contributed by atoms with van der Waals surface area (Å²) < 4.78 is 0. The zero-order valence-electron chi connectivity index (χ0n) is 15.2. The van der Waals surface area contributed by atoms with Crippen molar-refractivity contribution in [3.8, 4) is 0 Å². The predicted octanol–water partition coefficient (Wildman–Crippen LogP) is 4.35. The molecule has 0 aromatic heterocycles. The molecule has 4 rings (SSSR count). The third kappa shape index (κ3) is 4.44. The molecule has 2 aromatic rings. The van der Waals surface area contributed by atoms with Crippen LogP contribution in [0.5, 0.6) is 0 Å². The van der Waals surface area contributed by atoms with E-state index in [0.29, 0.717) is 5.92 Å². The van der Waals surface area contributed by atoms with E-state index in [1.165, 1.54) is 43.5 Å². The van der Waals surface area contributed by atoms with Crippen LogP contribution in [0.1, 0.15) is 42.7 Å². The Kier molecular flexibility index (Phi) is 5.21. The Hall–Kier alpha value is -2.33. The van der Waals surface area contributed by atoms with Gasteiger partial charge in [0.15, 0.2) is 0 Å². The molecule has 0 unspecified atom stereocenters. The second kappa shape index (κ2) is 7.92. The fraction of sp³-hybridized carbons (Fsp3) is 0.409. The highest BCUT2D eigenvalue weighted by Gasteiger charge is 2.39. The smallest absolute Gasteiger partial charge is 0.319 e. The van der Waals surface area contributed by atoms with E-state index >= 15 is 0 Å². The number of carbonyl (C=O) groups is 1. The standard InChI is InChI=1S/C22H27N3O/c26-22(24-21-15-20(21)18-9-3-1-4-10-18)23-19-11-7-8-17(14-19)16-25-12-5-2-6-13-25/h1,3-4,7-11,14,20-21H,2,5-6,12-13,15-16H2,(H2,23,24,26)/t20-,21+/m0/s1. The Balaban J connectivity index is 1.28. The van der Waals surface area contributed by atoms with Crippen LogP contribution in [-0.4, -0.2) is 30.1 Å². The van der Waals surface area contributed by atoms with Crippen LogP contribution in [0.4, 0.5) is 10.5 Å². The lowest BCUT2D eigenvalue weighted by atomic mass is 10.1. The first-order valence-corrected chi connectivity index (χ1v) is 9.72. The average Bonchev–Trinajstić information content (AvgIpc) is 3.42. The summed E-state index contributed by atoms with van der Waals surface area (Å²) >= 11 is 0. The van der Waals surface area contributed by atoms with E-state index in [1.807, 2.05) is 18.2 Å². The maximum Gasteiger partial charge on any atom is 0.319 e. The first kappa shape index (κ1) is 17.1. The molecular formula is C22H27N3O. The van der Waals surface area contributed by atoms with Gasteiger partial charge in [-0.15, -0.1) is 0 Å². The average molecular weight is 349 g/mol. The minimum Gasteiger partial charge on any atom is -0.334 e. The third-order valence-corrected chi connectivity index (χ3v) is 5.37. The largest absolute Gasteiger partial charge is 0.334 e. The summed E-state index contributed by atoms with van der Waals surface area (Å²) in [7, 11) is 0. The van der Waals surface area contributed by atoms with Gasteiger partial charge in [0, 0.05) is 24.2 Å². The summed E-state index contributed by atoms with van der Waals surface area (Å²) in [5.41, 5.74) is 3.44. The molecule has 1 heterocycles. The van der Waals surface area contributed by atoms with Gasteiger partial charge in [0.25, 0.3) is 0 Å². The van der Waals surface area contributed by atoms with Gasteiger partial charge in [0.2, 0.25) is 0 Å². The zero-order chi connectivity index (χ0) is 17.8. The van der Waals surface area contributed by atoms with E-state index in [9.17, 15) is 4.79 Å². The number of amides is 2. The number of likely N-dealkylation sites (tertiary alicyclic amines) is 1. The molecule has 0 radical (unpaired) electrons. The van der Waals surface area contributed by atoms with Crippen LogP contribution >= 0.6 is 0 Å². The fourth-order valence-corrected chi connectivity index (χ4v) is 3.88. The molecular weight excluding hydrogens is 322 g/mol. The van der Waals surface area contributed by atoms with Gasteiger partial charge < -0.3 is 10.6 Å². The molecule has 2 aromatic carbocycles. The lowest BCUT2D eigenvalue weighted by molar-refractivity contribution is 0.221. The van der Waals surface area contributed by atoms with Gasteiger partial charge >= 0.3 is 6.03 Å². The Bertz CT molecular complexity index is 740. The monoisotopic (exact) mass is 349 g/mol. The Labute approximate surface area is 155 Å². The van der Waals surface area contributed by atoms with Gasteiger partial charge in [-0.3, -0.25) is 4.90 Å². The van der Waals surface area contributed by atoms with E-state index < -0.39 is 0 Å². The van der Waals surface area contributed by atoms with E-state index in [-0.39, 0.29) is 12.1 Å². The van der Waals surface area contributed by atoms with Gasteiger partial charge in [0.1, 0.15) is 0 Å². The van der Waals surface area contributed by atoms with Gasteiger partial charge in [0.05, 0.1) is 0 Å². The number of nitrogens with zero attached hydrogens (tertiary/aromatic N) is 1. The van der Waals surface area contributed by atoms with Crippen molar-refractivity contribution in [2.45, 2.75) is 44.2 Å². The fourth-order valence-electron chi connectivity index (χ4n) is 3.88. The van der Waals surface area contributed by atoms with Gasteiger partial charge in [-0.1, -0.05) is 48.9 Å². The molecule has 0 bridgehead atoms. The summed E-state index contributed by atoms with van der Waals surface area (Å²) in [6.45, 7) is 3.33. The Morgan fingerprint density at radius 3 is 2.62 bits per heavy atom. The zero-order valence-corrected chi connectivity index (χ0v) is 15.2. The van der Waals surface area contributed by atoms with Crippen LogP contribution < -0.4 is 10.6 Å². The molecule has 2 amide bonds. The molecule has 136 valence electrons. The number of benzene rings is 2. The van der Waals surface area contributed by atoms with Gasteiger partial charge in [-0.05, 0) is 55.6 Å². The molecule has 2 aliphatic rings. The summed E-state index contributed by atoms with van der Waals surface area (Å²) in [6, 6.07) is 18.8. The molecule has 26 heavy (non-hydrogen) atoms. The van der Waals surface area contributed by atoms with E-state index in [4.69, 9.17) is 0 Å². The molecule has 2 N–H and O–H groups in total. The van der Waals surface area contributed by atoms with Crippen LogP contribution in [0.15, 0.2) is 54.6 Å². The van der Waals surface area contributed by atoms with Crippen LogP contribution in [0.2, 0.25) is 0 Å². The first-order chi connectivity index (χ1) is 12.8. The lowest BCUT2D eigenvalue weighted by Crippen LogP contribution is -2.31. The van der Waals surface area contributed by atoms with E-state index in [1.54, 1.807) is 0 Å². The SMILES string of the molecule is O=C(Nc1cccc(CN2CCCCC2)c1)N[C@@H]1C[C@H]1c1ccccc1. The van der Waals surface area contributed by atoms with Crippen LogP contribution in [0.25, 0.3) is 0 Å². The Morgan fingerprint density at radius 2 is 1.81 bits per heavy atom. The van der Waals surface area contributed by atoms with E-state index in [0.717, 1.165) is 18.7 Å². The summed E-state index contributed by atoms with van der Waals surface area (Å²) in [4.78, 5) is 14.8. The van der Waals surface area contributed by atoms with Crippen molar-refractivity contribution in [3.05, 3.63) is 65.7 Å². The number of hydrogen-bond donors (Lipinski definition) is 2. The molecule has 2 fully saturated rings. The van der Waals surface area contributed by atoms with Crippen LogP contribution in [-0.2, 0) is 6.54 Å². The number of anilines is 1. The molecule has 1 saturated heterocycles. The number of carbonyl (C=O) groups excluding carboxylic acids is 1. The van der Waals surface area contributed by atoms with Crippen molar-refractivity contribution in [3.63, 3.8) is 0 Å². The molecule has 4 heteroatoms. The van der Waals surface area contributed by atoms with Crippen molar-refractivity contribution in [2.75, 3.05) is 18.4 Å². The van der Waals surface area contributed by atoms with Crippen molar-refractivity contribution >= 4 is 11.7 Å². The number of rotatable bonds is 5. The van der Waals surface area contributed by atoms with E-state index in [2.05, 4.69) is 51.9 Å². The number of nitrogens with one attached hydrogen (secondary N) is 2. The molecule has 4 nitrogen and oxygen atoms in total. The molecule has 0 spiro atoms. The van der Waals surface area contributed by atoms with Crippen molar-refractivity contribution in [2.24, 2.45) is 0 Å². The summed E-state index contributed by atoms with van der Waals surface area (Å²) in [6.07, 6.45) is 4.96. The van der Waals surface area contributed by atoms with Crippen LogP contribution in [0, 0.1) is 0 Å². The first-order valence-electron chi connectivity index (χ1n) is 9.72. The van der Waals surface area contributed by atoms with Crippen molar-refractivity contribution in [1.82, 2.24) is 10.2 Å². The van der Waals surface area contributed by atoms with Crippen molar-refractivity contribution < 1.29 is 4.79 Å². The molecule has 1 aliphatic carbocycles. The van der Waals surface area contributed by atoms with Crippen molar-refractivity contribution in [1.29, 1.82) is 0 Å². The number of hydrogen-bond acceptors (Lipinski definition) is 2. The molecule has 2 atom stereocenters. The lowest BCUT2D eigenvalue weighted by Gasteiger charge is -2.26.